The van der Waals surface area contributed by atoms with Gasteiger partial charge in [0.15, 0.2) is 5.82 Å². The zero-order valence-electron chi connectivity index (χ0n) is 7.91. The van der Waals surface area contributed by atoms with Crippen molar-refractivity contribution < 1.29 is 14.0 Å². The molecule has 0 radical (unpaired) electrons. The van der Waals surface area contributed by atoms with Gasteiger partial charge in [0, 0.05) is 33.2 Å². The number of rotatable bonds is 2. The Morgan fingerprint density at radius 2 is 2.21 bits per heavy atom. The number of methoxy groups -OCH3 is 1. The van der Waals surface area contributed by atoms with Crippen LogP contribution in [0.15, 0.2) is 4.52 Å². The molecule has 0 spiro atoms. The van der Waals surface area contributed by atoms with Crippen LogP contribution in [-0.4, -0.2) is 30.5 Å². The number of hydrogen-bond donors (Lipinski definition) is 1. The van der Waals surface area contributed by atoms with Gasteiger partial charge < -0.3 is 14.0 Å². The number of nitrogens with zero attached hydrogens (tertiary/aromatic N) is 1. The van der Waals surface area contributed by atoms with Gasteiger partial charge in [-0.3, -0.25) is 0 Å². The lowest BCUT2D eigenvalue weighted by atomic mass is 9.93. The third-order valence-corrected chi connectivity index (χ3v) is 2.74. The maximum Gasteiger partial charge on any atom is 0.314 e. The Morgan fingerprint density at radius 1 is 1.50 bits per heavy atom. The van der Waals surface area contributed by atoms with E-state index in [2.05, 4.69) is 10.1 Å². The van der Waals surface area contributed by atoms with E-state index in [0.717, 1.165) is 12.8 Å². The highest BCUT2D eigenvalue weighted by molar-refractivity contribution is 7.71. The molecule has 1 N–H and O–H groups in total. The van der Waals surface area contributed by atoms with Gasteiger partial charge >= 0.3 is 4.84 Å². The highest BCUT2D eigenvalue weighted by Crippen LogP contribution is 2.32. The molecule has 0 atom stereocenters. The maximum absolute atomic E-state index is 5.50. The van der Waals surface area contributed by atoms with Crippen LogP contribution in [0.25, 0.3) is 0 Å². The van der Waals surface area contributed by atoms with Crippen LogP contribution in [0.3, 0.4) is 0 Å². The summed E-state index contributed by atoms with van der Waals surface area (Å²) in [6.45, 7) is 1.34. The zero-order valence-corrected chi connectivity index (χ0v) is 8.73. The Bertz CT molecular complexity index is 353. The SMILES string of the molecule is COC1(c2nc(=S)o[nH]2)CCOCC1. The number of hydrogen-bond acceptors (Lipinski definition) is 5. The summed E-state index contributed by atoms with van der Waals surface area (Å²) in [5, 5.41) is 2.70. The first-order chi connectivity index (χ1) is 6.77. The van der Waals surface area contributed by atoms with E-state index in [1.165, 1.54) is 0 Å². The number of H-pyrrole nitrogens is 1. The van der Waals surface area contributed by atoms with Crippen LogP contribution in [0, 0.1) is 4.84 Å². The number of ether oxygens (including phenoxy) is 2. The van der Waals surface area contributed by atoms with Gasteiger partial charge in [-0.1, -0.05) is 0 Å². The van der Waals surface area contributed by atoms with E-state index in [-0.39, 0.29) is 4.84 Å². The minimum Gasteiger partial charge on any atom is -0.381 e. The van der Waals surface area contributed by atoms with Gasteiger partial charge in [-0.25, -0.2) is 5.16 Å². The molecular formula is C8H12N2O3S. The average Bonchev–Trinajstić information content (AvgIpc) is 2.66. The molecule has 0 aliphatic carbocycles. The smallest absolute Gasteiger partial charge is 0.314 e. The third kappa shape index (κ3) is 1.60. The van der Waals surface area contributed by atoms with E-state index in [1.54, 1.807) is 7.11 Å². The number of aromatic amines is 1. The predicted octanol–water partition coefficient (Wildman–Crippen LogP) is 1.38. The van der Waals surface area contributed by atoms with Gasteiger partial charge in [0.25, 0.3) is 0 Å². The molecule has 78 valence electrons. The maximum atomic E-state index is 5.50. The molecule has 1 aliphatic rings. The summed E-state index contributed by atoms with van der Waals surface area (Å²) in [7, 11) is 1.66. The molecular weight excluding hydrogens is 204 g/mol. The van der Waals surface area contributed by atoms with Crippen molar-refractivity contribution in [3.05, 3.63) is 10.7 Å². The Morgan fingerprint density at radius 3 is 2.71 bits per heavy atom. The lowest BCUT2D eigenvalue weighted by Crippen LogP contribution is -2.36. The number of nitrogens with one attached hydrogen (secondary N) is 1. The Labute approximate surface area is 86.4 Å². The molecule has 2 rings (SSSR count). The van der Waals surface area contributed by atoms with E-state index in [0.29, 0.717) is 19.0 Å². The summed E-state index contributed by atoms with van der Waals surface area (Å²) in [4.78, 5) is 4.30. The molecule has 0 saturated carbocycles. The molecule has 1 aromatic rings. The van der Waals surface area contributed by atoms with Crippen LogP contribution in [0.1, 0.15) is 18.7 Å². The average molecular weight is 216 g/mol. The van der Waals surface area contributed by atoms with Crippen LogP contribution < -0.4 is 0 Å². The molecule has 0 amide bonds. The van der Waals surface area contributed by atoms with Crippen molar-refractivity contribution in [2.45, 2.75) is 18.4 Å². The van der Waals surface area contributed by atoms with Crippen molar-refractivity contribution in [3.63, 3.8) is 0 Å². The van der Waals surface area contributed by atoms with Crippen molar-refractivity contribution in [1.29, 1.82) is 0 Å². The third-order valence-electron chi connectivity index (χ3n) is 2.56. The molecule has 1 aliphatic heterocycles. The second-order valence-electron chi connectivity index (χ2n) is 3.24. The molecule has 1 aromatic heterocycles. The van der Waals surface area contributed by atoms with Gasteiger partial charge in [-0.15, -0.1) is 0 Å². The van der Waals surface area contributed by atoms with E-state index in [4.69, 9.17) is 26.2 Å². The monoisotopic (exact) mass is 216 g/mol. The second kappa shape index (κ2) is 3.80. The summed E-state index contributed by atoms with van der Waals surface area (Å²) in [5.74, 6) is 0.660. The van der Waals surface area contributed by atoms with E-state index < -0.39 is 5.60 Å². The molecule has 1 saturated heterocycles. The molecule has 5 nitrogen and oxygen atoms in total. The molecule has 14 heavy (non-hydrogen) atoms. The van der Waals surface area contributed by atoms with Crippen LogP contribution in [0.5, 0.6) is 0 Å². The summed E-state index contributed by atoms with van der Waals surface area (Å²) >= 11 is 4.80. The normalized spacial score (nSPS) is 20.9. The minimum absolute atomic E-state index is 0.211. The lowest BCUT2D eigenvalue weighted by Gasteiger charge is -2.33. The fourth-order valence-electron chi connectivity index (χ4n) is 1.66. The van der Waals surface area contributed by atoms with Crippen molar-refractivity contribution in [2.75, 3.05) is 20.3 Å². The Hall–Kier alpha value is -0.720. The zero-order chi connectivity index (χ0) is 10.0. The summed E-state index contributed by atoms with van der Waals surface area (Å²) in [5.41, 5.74) is -0.418. The van der Waals surface area contributed by atoms with Crippen LogP contribution in [0.4, 0.5) is 0 Å². The van der Waals surface area contributed by atoms with Gasteiger partial charge in [0.1, 0.15) is 5.60 Å². The topological polar surface area (TPSA) is 60.3 Å². The largest absolute Gasteiger partial charge is 0.381 e. The quantitative estimate of drug-likeness (QED) is 0.757. The first-order valence-electron chi connectivity index (χ1n) is 4.46. The molecule has 0 unspecified atom stereocenters. The van der Waals surface area contributed by atoms with Gasteiger partial charge in [0.05, 0.1) is 0 Å². The molecule has 0 aromatic carbocycles. The fraction of sp³-hybridized carbons (Fsp3) is 0.750. The molecule has 2 heterocycles. The first-order valence-corrected chi connectivity index (χ1v) is 4.86. The Kier molecular flexibility index (Phi) is 2.66. The highest BCUT2D eigenvalue weighted by atomic mass is 32.1. The van der Waals surface area contributed by atoms with E-state index in [9.17, 15) is 0 Å². The number of aromatic nitrogens is 2. The summed E-state index contributed by atoms with van der Waals surface area (Å²) < 4.78 is 15.7. The molecule has 6 heteroatoms. The first kappa shape index (κ1) is 9.82. The van der Waals surface area contributed by atoms with Gasteiger partial charge in [-0.05, 0) is 12.2 Å². The van der Waals surface area contributed by atoms with Crippen LogP contribution in [0.2, 0.25) is 0 Å². The van der Waals surface area contributed by atoms with Crippen molar-refractivity contribution >= 4 is 12.2 Å². The van der Waals surface area contributed by atoms with Crippen molar-refractivity contribution in [3.8, 4) is 0 Å². The van der Waals surface area contributed by atoms with Gasteiger partial charge in [0.2, 0.25) is 0 Å². The van der Waals surface area contributed by atoms with Crippen molar-refractivity contribution in [2.24, 2.45) is 0 Å². The van der Waals surface area contributed by atoms with Crippen molar-refractivity contribution in [1.82, 2.24) is 10.1 Å². The minimum atomic E-state index is -0.418. The second-order valence-corrected chi connectivity index (χ2v) is 3.59. The molecule has 0 bridgehead atoms. The Balaban J connectivity index is 2.31. The standard InChI is InChI=1S/C8H12N2O3S/c1-11-8(2-4-12-5-3-8)6-9-7(14)13-10-6/h2-5H2,1H3,(H,9,10,14). The highest BCUT2D eigenvalue weighted by Gasteiger charge is 2.37. The van der Waals surface area contributed by atoms with E-state index >= 15 is 0 Å². The molecule has 1 fully saturated rings. The summed E-state index contributed by atoms with van der Waals surface area (Å²) in [6.07, 6.45) is 1.53. The summed E-state index contributed by atoms with van der Waals surface area (Å²) in [6, 6.07) is 0. The van der Waals surface area contributed by atoms with Crippen LogP contribution >= 0.6 is 12.2 Å². The predicted molar refractivity (Wildman–Crippen MR) is 50.4 cm³/mol. The fourth-order valence-corrected chi connectivity index (χ4v) is 1.80. The lowest BCUT2D eigenvalue weighted by molar-refractivity contribution is -0.101. The van der Waals surface area contributed by atoms with Crippen LogP contribution in [-0.2, 0) is 15.1 Å². The van der Waals surface area contributed by atoms with E-state index in [1.807, 2.05) is 0 Å². The van der Waals surface area contributed by atoms with Gasteiger partial charge in [-0.2, -0.15) is 4.98 Å².